The Balaban J connectivity index is 2.02. The summed E-state index contributed by atoms with van der Waals surface area (Å²) in [6.45, 7) is 0.496. The van der Waals surface area contributed by atoms with Crippen molar-refractivity contribution in [3.63, 3.8) is 0 Å². The van der Waals surface area contributed by atoms with Crippen molar-refractivity contribution in [1.82, 2.24) is 19.4 Å². The molecule has 0 fully saturated rings. The topological polar surface area (TPSA) is 98.4 Å². The minimum atomic E-state index is -0.487. The molecule has 0 aliphatic carbocycles. The van der Waals surface area contributed by atoms with E-state index < -0.39 is 5.91 Å². The summed E-state index contributed by atoms with van der Waals surface area (Å²) in [7, 11) is 0. The third-order valence-corrected chi connectivity index (χ3v) is 3.87. The van der Waals surface area contributed by atoms with E-state index in [4.69, 9.17) is 10.8 Å². The number of primary amides is 1. The Morgan fingerprint density at radius 2 is 2.21 bits per heavy atom. The van der Waals surface area contributed by atoms with E-state index in [1.165, 1.54) is 17.5 Å². The number of carbonyl (C=O) groups excluding carboxylic acids is 1. The standard InChI is InChI=1S/C11H11N5O2S/c12-10(18)8-4-14-16-6-9(19-11(8)16)7-3-13-15(5-7)1-2-17/h3-6,17H,1-2H2,(H2,12,18). The van der Waals surface area contributed by atoms with Crippen LogP contribution in [0, 0.1) is 0 Å². The first kappa shape index (κ1) is 11.9. The molecular formula is C11H11N5O2S. The Labute approximate surface area is 111 Å². The fraction of sp³-hybridized carbons (Fsp3) is 0.182. The van der Waals surface area contributed by atoms with Crippen LogP contribution in [0.5, 0.6) is 0 Å². The number of fused-ring (bicyclic) bond motifs is 1. The van der Waals surface area contributed by atoms with Gasteiger partial charge in [-0.15, -0.1) is 11.3 Å². The summed E-state index contributed by atoms with van der Waals surface area (Å²) in [5.41, 5.74) is 6.62. The smallest absolute Gasteiger partial charge is 0.253 e. The first-order valence-electron chi connectivity index (χ1n) is 5.59. The fourth-order valence-corrected chi connectivity index (χ4v) is 2.85. The van der Waals surface area contributed by atoms with Gasteiger partial charge in [-0.25, -0.2) is 4.52 Å². The van der Waals surface area contributed by atoms with Crippen LogP contribution in [-0.4, -0.2) is 37.0 Å². The number of carbonyl (C=O) groups is 1. The Hall–Kier alpha value is -2.19. The Morgan fingerprint density at radius 3 is 2.95 bits per heavy atom. The van der Waals surface area contributed by atoms with Crippen molar-refractivity contribution in [2.75, 3.05) is 6.61 Å². The molecule has 0 radical (unpaired) electrons. The molecule has 0 bridgehead atoms. The predicted molar refractivity (Wildman–Crippen MR) is 69.9 cm³/mol. The normalized spacial score (nSPS) is 11.2. The van der Waals surface area contributed by atoms with Gasteiger partial charge < -0.3 is 10.8 Å². The predicted octanol–water partition coefficient (Wildman–Crippen LogP) is 0.350. The molecule has 7 nitrogen and oxygen atoms in total. The molecule has 3 heterocycles. The van der Waals surface area contributed by atoms with Crippen molar-refractivity contribution >= 4 is 22.1 Å². The van der Waals surface area contributed by atoms with Gasteiger partial charge >= 0.3 is 0 Å². The summed E-state index contributed by atoms with van der Waals surface area (Å²) in [5.74, 6) is -0.487. The van der Waals surface area contributed by atoms with Crippen LogP contribution in [0.25, 0.3) is 15.3 Å². The number of hydrogen-bond acceptors (Lipinski definition) is 5. The molecule has 0 unspecified atom stereocenters. The van der Waals surface area contributed by atoms with Crippen molar-refractivity contribution in [3.8, 4) is 10.4 Å². The second kappa shape index (κ2) is 4.48. The molecular weight excluding hydrogens is 266 g/mol. The van der Waals surface area contributed by atoms with Gasteiger partial charge in [0.15, 0.2) is 0 Å². The van der Waals surface area contributed by atoms with Crippen molar-refractivity contribution in [3.05, 3.63) is 30.4 Å². The highest BCUT2D eigenvalue weighted by molar-refractivity contribution is 7.21. The van der Waals surface area contributed by atoms with Gasteiger partial charge in [0.1, 0.15) is 4.83 Å². The first-order chi connectivity index (χ1) is 9.19. The quantitative estimate of drug-likeness (QED) is 0.719. The maximum atomic E-state index is 11.2. The Bertz CT molecular complexity index is 741. The minimum absolute atomic E-state index is 0.0424. The van der Waals surface area contributed by atoms with E-state index >= 15 is 0 Å². The van der Waals surface area contributed by atoms with Crippen LogP contribution in [0.2, 0.25) is 0 Å². The van der Waals surface area contributed by atoms with E-state index in [0.29, 0.717) is 12.1 Å². The van der Waals surface area contributed by atoms with E-state index in [1.807, 2.05) is 12.4 Å². The minimum Gasteiger partial charge on any atom is -0.394 e. The third kappa shape index (κ3) is 2.00. The van der Waals surface area contributed by atoms with Gasteiger partial charge in [0.2, 0.25) is 0 Å². The highest BCUT2D eigenvalue weighted by Gasteiger charge is 2.14. The fourth-order valence-electron chi connectivity index (χ4n) is 1.80. The maximum Gasteiger partial charge on any atom is 0.253 e. The molecule has 3 rings (SSSR count). The van der Waals surface area contributed by atoms with Crippen molar-refractivity contribution in [1.29, 1.82) is 0 Å². The molecule has 3 aromatic rings. The molecule has 0 spiro atoms. The summed E-state index contributed by atoms with van der Waals surface area (Å²) in [4.78, 5) is 12.9. The first-order valence-corrected chi connectivity index (χ1v) is 6.41. The van der Waals surface area contributed by atoms with Gasteiger partial charge in [0, 0.05) is 18.0 Å². The van der Waals surface area contributed by atoms with Crippen LogP contribution in [0.15, 0.2) is 24.8 Å². The Morgan fingerprint density at radius 1 is 1.37 bits per heavy atom. The summed E-state index contributed by atoms with van der Waals surface area (Å²) in [5, 5.41) is 17.1. The molecule has 0 atom stereocenters. The van der Waals surface area contributed by atoms with Crippen LogP contribution >= 0.6 is 11.3 Å². The zero-order chi connectivity index (χ0) is 13.4. The van der Waals surface area contributed by atoms with E-state index in [9.17, 15) is 4.79 Å². The van der Waals surface area contributed by atoms with Crippen LogP contribution in [0.3, 0.4) is 0 Å². The molecule has 3 N–H and O–H groups in total. The van der Waals surface area contributed by atoms with Crippen LogP contribution < -0.4 is 5.73 Å². The van der Waals surface area contributed by atoms with Crippen LogP contribution in [0.4, 0.5) is 0 Å². The third-order valence-electron chi connectivity index (χ3n) is 2.71. The average Bonchev–Trinajstić information content (AvgIpc) is 3.00. The van der Waals surface area contributed by atoms with Crippen LogP contribution in [0.1, 0.15) is 10.4 Å². The molecule has 1 amide bonds. The van der Waals surface area contributed by atoms with Gasteiger partial charge in [-0.05, 0) is 0 Å². The van der Waals surface area contributed by atoms with Crippen molar-refractivity contribution < 1.29 is 9.90 Å². The van der Waals surface area contributed by atoms with Crippen molar-refractivity contribution in [2.24, 2.45) is 5.73 Å². The molecule has 0 saturated carbocycles. The van der Waals surface area contributed by atoms with E-state index in [2.05, 4.69) is 10.2 Å². The lowest BCUT2D eigenvalue weighted by molar-refractivity contribution is 0.100. The van der Waals surface area contributed by atoms with E-state index in [0.717, 1.165) is 15.3 Å². The monoisotopic (exact) mass is 277 g/mol. The summed E-state index contributed by atoms with van der Waals surface area (Å²) in [6.07, 6.45) is 6.84. The number of nitrogens with two attached hydrogens (primary N) is 1. The highest BCUT2D eigenvalue weighted by Crippen LogP contribution is 2.29. The SMILES string of the molecule is NC(=O)c1cnn2cc(-c3cnn(CCO)c3)sc12. The second-order valence-electron chi connectivity index (χ2n) is 3.98. The Kier molecular flexibility index (Phi) is 2.80. The second-order valence-corrected chi connectivity index (χ2v) is 5.01. The number of nitrogens with zero attached hydrogens (tertiary/aromatic N) is 4. The molecule has 19 heavy (non-hydrogen) atoms. The van der Waals surface area contributed by atoms with Gasteiger partial charge in [0.05, 0.1) is 36.0 Å². The number of aromatic nitrogens is 4. The molecule has 0 aromatic carbocycles. The van der Waals surface area contributed by atoms with Gasteiger partial charge in [-0.3, -0.25) is 9.48 Å². The van der Waals surface area contributed by atoms with Gasteiger partial charge in [-0.1, -0.05) is 0 Å². The number of rotatable bonds is 4. The molecule has 98 valence electrons. The summed E-state index contributed by atoms with van der Waals surface area (Å²) >= 11 is 1.43. The largest absolute Gasteiger partial charge is 0.394 e. The zero-order valence-corrected chi connectivity index (χ0v) is 10.7. The number of aliphatic hydroxyl groups excluding tert-OH is 1. The lowest BCUT2D eigenvalue weighted by Crippen LogP contribution is -2.09. The van der Waals surface area contributed by atoms with E-state index in [-0.39, 0.29) is 6.61 Å². The number of thiazole rings is 1. The number of aliphatic hydroxyl groups is 1. The molecule has 0 saturated heterocycles. The molecule has 0 aliphatic heterocycles. The molecule has 3 aromatic heterocycles. The van der Waals surface area contributed by atoms with Crippen LogP contribution in [-0.2, 0) is 6.54 Å². The molecule has 0 aliphatic rings. The zero-order valence-electron chi connectivity index (χ0n) is 9.85. The van der Waals surface area contributed by atoms with Gasteiger partial charge in [-0.2, -0.15) is 10.2 Å². The lowest BCUT2D eigenvalue weighted by Gasteiger charge is -1.94. The summed E-state index contributed by atoms with van der Waals surface area (Å²) in [6, 6.07) is 0. The number of hydrogen-bond donors (Lipinski definition) is 2. The highest BCUT2D eigenvalue weighted by atomic mass is 32.1. The summed E-state index contributed by atoms with van der Waals surface area (Å²) < 4.78 is 3.29. The maximum absolute atomic E-state index is 11.2. The average molecular weight is 277 g/mol. The molecule has 8 heteroatoms. The van der Waals surface area contributed by atoms with Gasteiger partial charge in [0.25, 0.3) is 5.91 Å². The van der Waals surface area contributed by atoms with E-state index in [1.54, 1.807) is 15.4 Å². The van der Waals surface area contributed by atoms with Crippen molar-refractivity contribution in [2.45, 2.75) is 6.54 Å². The number of amides is 1. The lowest BCUT2D eigenvalue weighted by atomic mass is 10.3.